The number of nitrogens with one attached hydrogen (secondary N) is 3. The van der Waals surface area contributed by atoms with Crippen molar-refractivity contribution in [3.8, 4) is 0 Å². The lowest BCUT2D eigenvalue weighted by Crippen LogP contribution is -2.41. The van der Waals surface area contributed by atoms with Crippen molar-refractivity contribution in [2.45, 2.75) is 12.8 Å². The first-order valence-corrected chi connectivity index (χ1v) is 6.33. The molecule has 0 aliphatic heterocycles. The van der Waals surface area contributed by atoms with Gasteiger partial charge in [0.25, 0.3) is 0 Å². The first kappa shape index (κ1) is 14.2. The molecule has 0 aromatic heterocycles. The van der Waals surface area contributed by atoms with Gasteiger partial charge in [0.05, 0.1) is 5.69 Å². The number of carbonyl (C=O) groups excluding carboxylic acids is 1. The molecule has 2 rings (SSSR count). The molecule has 0 spiro atoms. The molecule has 1 aliphatic carbocycles. The van der Waals surface area contributed by atoms with E-state index in [0.29, 0.717) is 12.5 Å². The summed E-state index contributed by atoms with van der Waals surface area (Å²) in [6.45, 7) is 0.545. The lowest BCUT2D eigenvalue weighted by molar-refractivity contribution is 0.247. The first-order chi connectivity index (χ1) is 9.58. The molecule has 0 heterocycles. The summed E-state index contributed by atoms with van der Waals surface area (Å²) < 4.78 is 26.7. The molecule has 1 aromatic rings. The predicted octanol–water partition coefficient (Wildman–Crippen LogP) is 2.07. The minimum absolute atomic E-state index is 0.0732. The molecule has 1 aromatic carbocycles. The summed E-state index contributed by atoms with van der Waals surface area (Å²) in [4.78, 5) is 15.5. The van der Waals surface area contributed by atoms with Crippen LogP contribution in [-0.4, -0.2) is 25.6 Å². The summed E-state index contributed by atoms with van der Waals surface area (Å²) in [6.07, 6.45) is 2.20. The van der Waals surface area contributed by atoms with Crippen molar-refractivity contribution in [1.82, 2.24) is 10.6 Å². The van der Waals surface area contributed by atoms with Crippen LogP contribution in [0.4, 0.5) is 19.3 Å². The summed E-state index contributed by atoms with van der Waals surface area (Å²) >= 11 is 0. The lowest BCUT2D eigenvalue weighted by Gasteiger charge is -2.12. The maximum atomic E-state index is 13.5. The average molecular weight is 282 g/mol. The van der Waals surface area contributed by atoms with Gasteiger partial charge >= 0.3 is 6.03 Å². The third-order valence-electron chi connectivity index (χ3n) is 2.84. The van der Waals surface area contributed by atoms with Crippen molar-refractivity contribution in [1.29, 1.82) is 0 Å². The van der Waals surface area contributed by atoms with Crippen LogP contribution in [0.15, 0.2) is 23.2 Å². The molecule has 3 N–H and O–H groups in total. The van der Waals surface area contributed by atoms with Gasteiger partial charge in [0, 0.05) is 19.7 Å². The SMILES string of the molecule is CNC(=O)NC(=NCC1CC1)Nc1cc(F)ccc1F. The molecular formula is C13H16F2N4O. The number of rotatable bonds is 3. The fraction of sp³-hybridized carbons (Fsp3) is 0.385. The topological polar surface area (TPSA) is 65.5 Å². The number of aliphatic imine (C=N–C) groups is 1. The molecule has 7 heteroatoms. The fourth-order valence-corrected chi connectivity index (χ4v) is 1.52. The Labute approximate surface area is 115 Å². The molecule has 5 nitrogen and oxygen atoms in total. The van der Waals surface area contributed by atoms with Crippen LogP contribution in [0.25, 0.3) is 0 Å². The first-order valence-electron chi connectivity index (χ1n) is 6.33. The van der Waals surface area contributed by atoms with Crippen LogP contribution in [-0.2, 0) is 0 Å². The van der Waals surface area contributed by atoms with Gasteiger partial charge in [0.15, 0.2) is 0 Å². The Balaban J connectivity index is 2.10. The average Bonchev–Trinajstić information content (AvgIpc) is 3.24. The Hall–Kier alpha value is -2.18. The number of hydrogen-bond acceptors (Lipinski definition) is 2. The third-order valence-corrected chi connectivity index (χ3v) is 2.84. The van der Waals surface area contributed by atoms with Crippen molar-refractivity contribution in [2.75, 3.05) is 18.9 Å². The Kier molecular flexibility index (Phi) is 4.49. The number of carbonyl (C=O) groups is 1. The van der Waals surface area contributed by atoms with Gasteiger partial charge in [-0.1, -0.05) is 0 Å². The van der Waals surface area contributed by atoms with Crippen LogP contribution in [0, 0.1) is 17.6 Å². The maximum Gasteiger partial charge on any atom is 0.321 e. The molecule has 0 unspecified atom stereocenters. The second kappa shape index (κ2) is 6.31. The molecule has 2 amide bonds. The van der Waals surface area contributed by atoms with Gasteiger partial charge in [-0.25, -0.2) is 13.6 Å². The van der Waals surface area contributed by atoms with Crippen molar-refractivity contribution in [3.63, 3.8) is 0 Å². The highest BCUT2D eigenvalue weighted by atomic mass is 19.1. The molecule has 1 aliphatic rings. The number of anilines is 1. The zero-order chi connectivity index (χ0) is 14.5. The van der Waals surface area contributed by atoms with Crippen LogP contribution in [0.5, 0.6) is 0 Å². The molecule has 20 heavy (non-hydrogen) atoms. The number of guanidine groups is 1. The number of benzene rings is 1. The number of nitrogens with zero attached hydrogens (tertiary/aromatic N) is 1. The Morgan fingerprint density at radius 3 is 2.80 bits per heavy atom. The van der Waals surface area contributed by atoms with Gasteiger partial charge in [-0.2, -0.15) is 0 Å². The van der Waals surface area contributed by atoms with E-state index in [2.05, 4.69) is 20.9 Å². The van der Waals surface area contributed by atoms with Crippen LogP contribution >= 0.6 is 0 Å². The van der Waals surface area contributed by atoms with E-state index in [1.165, 1.54) is 7.05 Å². The summed E-state index contributed by atoms with van der Waals surface area (Å²) in [5.74, 6) is -0.587. The summed E-state index contributed by atoms with van der Waals surface area (Å²) in [6, 6.07) is 2.56. The quantitative estimate of drug-likeness (QED) is 0.587. The molecule has 1 fully saturated rings. The van der Waals surface area contributed by atoms with E-state index in [-0.39, 0.29) is 11.6 Å². The van der Waals surface area contributed by atoms with E-state index in [0.717, 1.165) is 31.0 Å². The molecule has 108 valence electrons. The summed E-state index contributed by atoms with van der Waals surface area (Å²) in [5.41, 5.74) is -0.0732. The molecule has 0 atom stereocenters. The number of hydrogen-bond donors (Lipinski definition) is 3. The van der Waals surface area contributed by atoms with Gasteiger partial charge in [-0.3, -0.25) is 10.3 Å². The lowest BCUT2D eigenvalue weighted by atomic mass is 10.3. The van der Waals surface area contributed by atoms with Crippen molar-refractivity contribution in [2.24, 2.45) is 10.9 Å². The monoisotopic (exact) mass is 282 g/mol. The second-order valence-corrected chi connectivity index (χ2v) is 4.59. The summed E-state index contributed by atoms with van der Waals surface area (Å²) in [5, 5.41) is 7.42. The third kappa shape index (κ3) is 4.18. The number of urea groups is 1. The van der Waals surface area contributed by atoms with E-state index in [1.807, 2.05) is 0 Å². The highest BCUT2D eigenvalue weighted by Crippen LogP contribution is 2.28. The molecule has 0 radical (unpaired) electrons. The molecular weight excluding hydrogens is 266 g/mol. The normalized spacial score (nSPS) is 14.8. The van der Waals surface area contributed by atoms with Crippen LogP contribution < -0.4 is 16.0 Å². The number of halogens is 2. The van der Waals surface area contributed by atoms with Gasteiger partial charge in [0.2, 0.25) is 5.96 Å². The van der Waals surface area contributed by atoms with E-state index in [4.69, 9.17) is 0 Å². The van der Waals surface area contributed by atoms with Gasteiger partial charge in [-0.05, 0) is 30.9 Å². The van der Waals surface area contributed by atoms with Crippen LogP contribution in [0.3, 0.4) is 0 Å². The van der Waals surface area contributed by atoms with E-state index in [9.17, 15) is 13.6 Å². The Bertz CT molecular complexity index is 529. The Morgan fingerprint density at radius 2 is 2.15 bits per heavy atom. The van der Waals surface area contributed by atoms with Crippen molar-refractivity contribution >= 4 is 17.7 Å². The summed E-state index contributed by atoms with van der Waals surface area (Å²) in [7, 11) is 1.45. The maximum absolute atomic E-state index is 13.5. The smallest absolute Gasteiger partial charge is 0.321 e. The molecule has 0 bridgehead atoms. The highest BCUT2D eigenvalue weighted by molar-refractivity contribution is 6.03. The zero-order valence-electron chi connectivity index (χ0n) is 11.0. The van der Waals surface area contributed by atoms with Gasteiger partial charge in [0.1, 0.15) is 11.6 Å². The standard InChI is InChI=1S/C13H16F2N4O/c1-16-13(20)19-12(17-7-8-2-3-8)18-11-6-9(14)4-5-10(11)15/h4-6,8H,2-3,7H2,1H3,(H3,16,17,18,19,20). The van der Waals surface area contributed by atoms with Crippen molar-refractivity contribution in [3.05, 3.63) is 29.8 Å². The minimum Gasteiger partial charge on any atom is -0.341 e. The van der Waals surface area contributed by atoms with Gasteiger partial charge < -0.3 is 10.6 Å². The largest absolute Gasteiger partial charge is 0.341 e. The second-order valence-electron chi connectivity index (χ2n) is 4.59. The van der Waals surface area contributed by atoms with E-state index >= 15 is 0 Å². The fourth-order valence-electron chi connectivity index (χ4n) is 1.52. The van der Waals surface area contributed by atoms with E-state index < -0.39 is 17.7 Å². The minimum atomic E-state index is -0.621. The van der Waals surface area contributed by atoms with Crippen molar-refractivity contribution < 1.29 is 13.6 Å². The molecule has 0 saturated heterocycles. The van der Waals surface area contributed by atoms with E-state index in [1.54, 1.807) is 0 Å². The predicted molar refractivity (Wildman–Crippen MR) is 72.6 cm³/mol. The van der Waals surface area contributed by atoms with Crippen LogP contribution in [0.1, 0.15) is 12.8 Å². The van der Waals surface area contributed by atoms with Gasteiger partial charge in [-0.15, -0.1) is 0 Å². The number of amides is 2. The van der Waals surface area contributed by atoms with Crippen LogP contribution in [0.2, 0.25) is 0 Å². The zero-order valence-corrected chi connectivity index (χ0v) is 11.0. The highest BCUT2D eigenvalue weighted by Gasteiger charge is 2.21. The Morgan fingerprint density at radius 1 is 1.40 bits per heavy atom. The molecule has 1 saturated carbocycles.